The second-order valence-electron chi connectivity index (χ2n) is 6.72. The molecule has 0 bridgehead atoms. The SMILES string of the molecule is CCNC(=NCC(=O)N1CCc2ccccc21)NCC(C)(O)c1cccs1.I. The van der Waals surface area contributed by atoms with Gasteiger partial charge in [-0.1, -0.05) is 24.3 Å². The van der Waals surface area contributed by atoms with E-state index in [-0.39, 0.29) is 36.4 Å². The van der Waals surface area contributed by atoms with Crippen molar-refractivity contribution in [2.45, 2.75) is 25.9 Å². The molecule has 1 aromatic heterocycles. The molecule has 3 rings (SSSR count). The number of guanidine groups is 1. The van der Waals surface area contributed by atoms with Crippen molar-refractivity contribution < 1.29 is 9.90 Å². The molecule has 8 heteroatoms. The second kappa shape index (κ2) is 10.2. The van der Waals surface area contributed by atoms with Crippen molar-refractivity contribution in [3.63, 3.8) is 0 Å². The molecule has 1 aliphatic heterocycles. The summed E-state index contributed by atoms with van der Waals surface area (Å²) in [4.78, 5) is 19.7. The van der Waals surface area contributed by atoms with Gasteiger partial charge in [-0.2, -0.15) is 0 Å². The Kier molecular flexibility index (Phi) is 8.26. The smallest absolute Gasteiger partial charge is 0.248 e. The number of thiophene rings is 1. The van der Waals surface area contributed by atoms with E-state index in [0.29, 0.717) is 25.6 Å². The first-order valence-electron chi connectivity index (χ1n) is 9.18. The van der Waals surface area contributed by atoms with Gasteiger partial charge in [0.25, 0.3) is 0 Å². The van der Waals surface area contributed by atoms with E-state index in [1.54, 1.807) is 11.8 Å². The lowest BCUT2D eigenvalue weighted by Crippen LogP contribution is -2.45. The molecule has 0 radical (unpaired) electrons. The highest BCUT2D eigenvalue weighted by Crippen LogP contribution is 2.27. The zero-order chi connectivity index (χ0) is 19.3. The number of rotatable bonds is 6. The van der Waals surface area contributed by atoms with Crippen LogP contribution < -0.4 is 15.5 Å². The minimum atomic E-state index is -0.998. The van der Waals surface area contributed by atoms with E-state index in [1.807, 2.05) is 42.6 Å². The van der Waals surface area contributed by atoms with Crippen LogP contribution in [-0.2, 0) is 16.8 Å². The summed E-state index contributed by atoms with van der Waals surface area (Å²) in [6, 6.07) is 11.8. The average molecular weight is 514 g/mol. The summed E-state index contributed by atoms with van der Waals surface area (Å²) in [5, 5.41) is 18.8. The van der Waals surface area contributed by atoms with E-state index in [9.17, 15) is 9.90 Å². The van der Waals surface area contributed by atoms with E-state index < -0.39 is 5.60 Å². The highest BCUT2D eigenvalue weighted by atomic mass is 127. The van der Waals surface area contributed by atoms with Crippen molar-refractivity contribution in [2.75, 3.05) is 31.1 Å². The molecule has 0 saturated carbocycles. The Morgan fingerprint density at radius 2 is 2.07 bits per heavy atom. The highest BCUT2D eigenvalue weighted by molar-refractivity contribution is 14.0. The zero-order valence-electron chi connectivity index (χ0n) is 16.1. The van der Waals surface area contributed by atoms with Gasteiger partial charge in [0.05, 0.1) is 6.54 Å². The Morgan fingerprint density at radius 1 is 1.29 bits per heavy atom. The number of anilines is 1. The number of para-hydroxylation sites is 1. The molecule has 0 aliphatic carbocycles. The van der Waals surface area contributed by atoms with Crippen LogP contribution in [0.1, 0.15) is 24.3 Å². The van der Waals surface area contributed by atoms with Gasteiger partial charge in [0, 0.05) is 23.7 Å². The number of carbonyl (C=O) groups excluding carboxylic acids is 1. The number of amides is 1. The Hall–Kier alpha value is -1.65. The molecule has 6 nitrogen and oxygen atoms in total. The van der Waals surface area contributed by atoms with Crippen LogP contribution in [0, 0.1) is 0 Å². The molecule has 0 fully saturated rings. The van der Waals surface area contributed by atoms with Crippen molar-refractivity contribution in [3.05, 3.63) is 52.2 Å². The number of aliphatic hydroxyl groups is 1. The number of hydrogen-bond acceptors (Lipinski definition) is 4. The number of benzene rings is 1. The molecule has 1 unspecified atom stereocenters. The van der Waals surface area contributed by atoms with E-state index in [2.05, 4.69) is 21.7 Å². The van der Waals surface area contributed by atoms with E-state index >= 15 is 0 Å². The van der Waals surface area contributed by atoms with Crippen LogP contribution in [0.15, 0.2) is 46.8 Å². The maximum absolute atomic E-state index is 12.6. The number of fused-ring (bicyclic) bond motifs is 1. The first-order valence-corrected chi connectivity index (χ1v) is 10.1. The van der Waals surface area contributed by atoms with Crippen molar-refractivity contribution in [3.8, 4) is 0 Å². The van der Waals surface area contributed by atoms with Crippen LogP contribution in [0.4, 0.5) is 5.69 Å². The van der Waals surface area contributed by atoms with Crippen molar-refractivity contribution in [1.29, 1.82) is 0 Å². The third kappa shape index (κ3) is 5.45. The summed E-state index contributed by atoms with van der Waals surface area (Å²) in [6.45, 7) is 5.47. The molecule has 1 atom stereocenters. The van der Waals surface area contributed by atoms with Gasteiger partial charge in [0.2, 0.25) is 5.91 Å². The van der Waals surface area contributed by atoms with Gasteiger partial charge in [-0.15, -0.1) is 35.3 Å². The Balaban J connectivity index is 0.00000280. The Morgan fingerprint density at radius 3 is 2.79 bits per heavy atom. The van der Waals surface area contributed by atoms with Crippen molar-refractivity contribution in [2.24, 2.45) is 4.99 Å². The van der Waals surface area contributed by atoms with Crippen LogP contribution in [0.3, 0.4) is 0 Å². The second-order valence-corrected chi connectivity index (χ2v) is 7.67. The van der Waals surface area contributed by atoms with Crippen molar-refractivity contribution >= 4 is 52.9 Å². The number of hydrogen-bond donors (Lipinski definition) is 3. The van der Waals surface area contributed by atoms with Crippen LogP contribution in [-0.4, -0.2) is 43.2 Å². The number of aliphatic imine (C=N–C) groups is 1. The topological polar surface area (TPSA) is 77.0 Å². The largest absolute Gasteiger partial charge is 0.383 e. The van der Waals surface area contributed by atoms with Gasteiger partial charge in [-0.05, 0) is 43.3 Å². The molecule has 3 N–H and O–H groups in total. The fraction of sp³-hybridized carbons (Fsp3) is 0.400. The van der Waals surface area contributed by atoms with Gasteiger partial charge >= 0.3 is 0 Å². The van der Waals surface area contributed by atoms with Gasteiger partial charge in [-0.25, -0.2) is 4.99 Å². The summed E-state index contributed by atoms with van der Waals surface area (Å²) in [7, 11) is 0. The number of nitrogens with one attached hydrogen (secondary N) is 2. The fourth-order valence-corrected chi connectivity index (χ4v) is 3.89. The summed E-state index contributed by atoms with van der Waals surface area (Å²) < 4.78 is 0. The van der Waals surface area contributed by atoms with Crippen LogP contribution in [0.2, 0.25) is 0 Å². The molecular weight excluding hydrogens is 487 g/mol. The van der Waals surface area contributed by atoms with Crippen LogP contribution in [0.5, 0.6) is 0 Å². The van der Waals surface area contributed by atoms with Crippen LogP contribution in [0.25, 0.3) is 0 Å². The van der Waals surface area contributed by atoms with Crippen molar-refractivity contribution in [1.82, 2.24) is 10.6 Å². The third-order valence-electron chi connectivity index (χ3n) is 4.56. The predicted molar refractivity (Wildman–Crippen MR) is 126 cm³/mol. The van der Waals surface area contributed by atoms with E-state index in [4.69, 9.17) is 0 Å². The number of halogens is 1. The molecule has 1 amide bonds. The highest BCUT2D eigenvalue weighted by Gasteiger charge is 2.25. The number of nitrogens with zero attached hydrogens (tertiary/aromatic N) is 2. The third-order valence-corrected chi connectivity index (χ3v) is 5.68. The number of carbonyl (C=O) groups is 1. The predicted octanol–water partition coefficient (Wildman–Crippen LogP) is 2.72. The minimum absolute atomic E-state index is 0. The molecule has 0 spiro atoms. The maximum atomic E-state index is 12.6. The monoisotopic (exact) mass is 514 g/mol. The zero-order valence-corrected chi connectivity index (χ0v) is 19.3. The van der Waals surface area contributed by atoms with Gasteiger partial charge in [0.15, 0.2) is 5.96 Å². The maximum Gasteiger partial charge on any atom is 0.248 e. The van der Waals surface area contributed by atoms with E-state index in [0.717, 1.165) is 17.0 Å². The summed E-state index contributed by atoms with van der Waals surface area (Å²) in [5.74, 6) is 0.498. The molecule has 1 aromatic carbocycles. The quantitative estimate of drug-likeness (QED) is 0.315. The average Bonchev–Trinajstić information content (AvgIpc) is 3.34. The molecule has 28 heavy (non-hydrogen) atoms. The first kappa shape index (κ1) is 22.6. The fourth-order valence-electron chi connectivity index (χ4n) is 3.10. The summed E-state index contributed by atoms with van der Waals surface area (Å²) >= 11 is 1.51. The van der Waals surface area contributed by atoms with Crippen LogP contribution >= 0.6 is 35.3 Å². The molecule has 2 aromatic rings. The summed E-state index contributed by atoms with van der Waals surface area (Å²) in [5.41, 5.74) is 1.19. The summed E-state index contributed by atoms with van der Waals surface area (Å²) in [6.07, 6.45) is 0.883. The Labute approximate surface area is 187 Å². The molecule has 1 aliphatic rings. The molecular formula is C20H27IN4O2S. The first-order chi connectivity index (χ1) is 13.0. The Bertz CT molecular complexity index is 808. The molecule has 2 heterocycles. The normalized spacial score (nSPS) is 15.4. The van der Waals surface area contributed by atoms with Gasteiger partial charge in [0.1, 0.15) is 12.1 Å². The molecule has 152 valence electrons. The lowest BCUT2D eigenvalue weighted by molar-refractivity contribution is -0.117. The molecule has 0 saturated heterocycles. The lowest BCUT2D eigenvalue weighted by atomic mass is 10.1. The van der Waals surface area contributed by atoms with Gasteiger partial charge < -0.3 is 20.6 Å². The van der Waals surface area contributed by atoms with E-state index in [1.165, 1.54) is 16.9 Å². The minimum Gasteiger partial charge on any atom is -0.383 e. The standard InChI is InChI=1S/C20H26N4O2S.HI/c1-3-21-19(23-14-20(2,26)17-9-6-12-27-17)22-13-18(25)24-11-10-15-7-4-5-8-16(15)24;/h4-9,12,26H,3,10-11,13-14H2,1-2H3,(H2,21,22,23);1H. The lowest BCUT2D eigenvalue weighted by Gasteiger charge is -2.24. The van der Waals surface area contributed by atoms with Gasteiger partial charge in [-0.3, -0.25) is 4.79 Å².